The van der Waals surface area contributed by atoms with Crippen LogP contribution in [0.15, 0.2) is 29.3 Å². The standard InChI is InChI=1S/C41H64N12O12/c1-3-22(2)33-39(64)49-25(8-4-5-15-42)35(60)51-29(21-54)37(62)48-26(9-6-16-45-41(43)44)34(59)50-28(19-32(57)58)40(65)53-17-7-10-30(53)38(63)46-20-31(56)47-27(36(61)52-33)18-23-11-13-24(55)14-12-23/h11-14,22,25-30,33,54-55H,3-10,15-21,42H2,1-2H3,(H,46,63)(H,47,56)(H,48,62)(H,49,64)(H,50,59)(H,51,60)(H,52,61)(H,57,58)(H4,43,44,45)/t22-,25+,26-,27-,28-,29-,30-,33-/m0/s1. The lowest BCUT2D eigenvalue weighted by molar-refractivity contribution is -0.146. The van der Waals surface area contributed by atoms with E-state index in [2.05, 4.69) is 42.2 Å². The number of carbonyl (C=O) groups is 9. The SMILES string of the molecule is CC[C@H](C)[C@@H]1NC(=O)[C@H](Cc2ccc(O)cc2)NC(=O)CNC(=O)[C@@H]2CCCN2C(=O)[C@H](CC(=O)O)NC(=O)[C@H](CCCN=C(N)N)NC(=O)[C@H](CO)NC(=O)[C@@H](CCCCN)NC1=O. The van der Waals surface area contributed by atoms with Crippen molar-refractivity contribution in [2.45, 2.75) is 120 Å². The van der Waals surface area contributed by atoms with E-state index >= 15 is 0 Å². The molecule has 2 heterocycles. The van der Waals surface area contributed by atoms with Gasteiger partial charge in [-0.15, -0.1) is 0 Å². The van der Waals surface area contributed by atoms with Gasteiger partial charge in [-0.2, -0.15) is 0 Å². The molecule has 0 saturated carbocycles. The smallest absolute Gasteiger partial charge is 0.305 e. The molecule has 8 amide bonds. The topological polar surface area (TPSA) is 392 Å². The zero-order valence-electron chi connectivity index (χ0n) is 36.7. The van der Waals surface area contributed by atoms with Crippen molar-refractivity contribution < 1.29 is 58.5 Å². The number of hydrogen-bond acceptors (Lipinski definition) is 13. The van der Waals surface area contributed by atoms with Crippen LogP contribution in [-0.4, -0.2) is 154 Å². The molecule has 8 atom stereocenters. The highest BCUT2D eigenvalue weighted by atomic mass is 16.4. The van der Waals surface area contributed by atoms with Crippen molar-refractivity contribution in [3.8, 4) is 5.75 Å². The number of fused-ring (bicyclic) bond motifs is 1. The number of carbonyl (C=O) groups excluding carboxylic acids is 8. The number of nitrogens with one attached hydrogen (secondary N) is 7. The quantitative estimate of drug-likeness (QED) is 0.0449. The average Bonchev–Trinajstić information content (AvgIpc) is 3.76. The molecule has 16 N–H and O–H groups in total. The van der Waals surface area contributed by atoms with Crippen molar-refractivity contribution in [2.24, 2.45) is 28.1 Å². The molecular weight excluding hydrogens is 853 g/mol. The highest BCUT2D eigenvalue weighted by Gasteiger charge is 2.40. The lowest BCUT2D eigenvalue weighted by Gasteiger charge is -2.30. The maximum Gasteiger partial charge on any atom is 0.305 e. The molecule has 2 aliphatic rings. The summed E-state index contributed by atoms with van der Waals surface area (Å²) < 4.78 is 0. The third-order valence-electron chi connectivity index (χ3n) is 11.0. The number of amides is 8. The summed E-state index contributed by atoms with van der Waals surface area (Å²) in [6.07, 6.45) is 0.397. The maximum absolute atomic E-state index is 14.1. The summed E-state index contributed by atoms with van der Waals surface area (Å²) >= 11 is 0. The second-order valence-electron chi connectivity index (χ2n) is 16.0. The minimum Gasteiger partial charge on any atom is -0.508 e. The number of nitrogens with two attached hydrogens (primary N) is 3. The Bertz CT molecular complexity index is 1880. The molecule has 0 aliphatic carbocycles. The van der Waals surface area contributed by atoms with E-state index in [1.54, 1.807) is 13.8 Å². The predicted molar refractivity (Wildman–Crippen MR) is 233 cm³/mol. The number of aliphatic imine (C=N–C) groups is 1. The Morgan fingerprint density at radius 3 is 1.97 bits per heavy atom. The van der Waals surface area contributed by atoms with E-state index in [9.17, 15) is 58.5 Å². The number of aliphatic carboxylic acids is 1. The Balaban J connectivity index is 2.09. The zero-order valence-corrected chi connectivity index (χ0v) is 36.7. The van der Waals surface area contributed by atoms with Crippen LogP contribution in [0.25, 0.3) is 0 Å². The van der Waals surface area contributed by atoms with Crippen molar-refractivity contribution in [1.29, 1.82) is 0 Å². The molecule has 24 nitrogen and oxygen atoms in total. The number of carboxylic acid groups (broad SMARTS) is 1. The van der Waals surface area contributed by atoms with Gasteiger partial charge in [-0.05, 0) is 75.1 Å². The third-order valence-corrected chi connectivity index (χ3v) is 11.0. The molecule has 0 bridgehead atoms. The fraction of sp³-hybridized carbons (Fsp3) is 0.610. The number of hydrogen-bond donors (Lipinski definition) is 13. The first kappa shape index (κ1) is 52.8. The second-order valence-corrected chi connectivity index (χ2v) is 16.0. The summed E-state index contributed by atoms with van der Waals surface area (Å²) in [6, 6.07) is -4.31. The molecule has 1 aromatic carbocycles. The summed E-state index contributed by atoms with van der Waals surface area (Å²) in [5.74, 6) is -9.46. The number of carboxylic acids is 1. The van der Waals surface area contributed by atoms with Gasteiger partial charge in [-0.1, -0.05) is 32.4 Å². The Morgan fingerprint density at radius 2 is 1.37 bits per heavy atom. The van der Waals surface area contributed by atoms with E-state index < -0.39 is 121 Å². The van der Waals surface area contributed by atoms with Gasteiger partial charge in [0.25, 0.3) is 0 Å². The highest BCUT2D eigenvalue weighted by Crippen LogP contribution is 2.20. The van der Waals surface area contributed by atoms with Crippen LogP contribution in [0.2, 0.25) is 0 Å². The number of aromatic hydroxyl groups is 1. The molecule has 3 rings (SSSR count). The van der Waals surface area contributed by atoms with Crippen LogP contribution in [0.5, 0.6) is 5.75 Å². The minimum atomic E-state index is -1.75. The third kappa shape index (κ3) is 16.8. The number of rotatable bonds is 15. The summed E-state index contributed by atoms with van der Waals surface area (Å²) in [5.41, 5.74) is 17.0. The molecule has 360 valence electrons. The van der Waals surface area contributed by atoms with E-state index in [0.29, 0.717) is 31.2 Å². The summed E-state index contributed by atoms with van der Waals surface area (Å²) in [7, 11) is 0. The van der Waals surface area contributed by atoms with E-state index in [0.717, 1.165) is 4.90 Å². The van der Waals surface area contributed by atoms with Crippen molar-refractivity contribution >= 4 is 59.2 Å². The number of unbranched alkanes of at least 4 members (excludes halogenated alkanes) is 1. The van der Waals surface area contributed by atoms with Gasteiger partial charge in [-0.3, -0.25) is 48.1 Å². The normalized spacial score (nSPS) is 25.0. The van der Waals surface area contributed by atoms with Gasteiger partial charge in [0.05, 0.1) is 19.6 Å². The van der Waals surface area contributed by atoms with Crippen molar-refractivity contribution in [1.82, 2.24) is 42.1 Å². The summed E-state index contributed by atoms with van der Waals surface area (Å²) in [5, 5.41) is 47.5. The van der Waals surface area contributed by atoms with Gasteiger partial charge in [-0.25, -0.2) is 0 Å². The number of guanidine groups is 1. The molecular formula is C41H64N12O12. The van der Waals surface area contributed by atoms with Crippen LogP contribution < -0.4 is 54.4 Å². The van der Waals surface area contributed by atoms with Crippen LogP contribution in [0.1, 0.15) is 77.2 Å². The molecule has 0 aromatic heterocycles. The first-order chi connectivity index (χ1) is 30.9. The van der Waals surface area contributed by atoms with Crippen molar-refractivity contribution in [3.63, 3.8) is 0 Å². The van der Waals surface area contributed by atoms with Gasteiger partial charge in [0.15, 0.2) is 5.96 Å². The van der Waals surface area contributed by atoms with E-state index in [1.807, 2.05) is 0 Å². The van der Waals surface area contributed by atoms with E-state index in [1.165, 1.54) is 24.3 Å². The fourth-order valence-electron chi connectivity index (χ4n) is 7.25. The molecule has 2 saturated heterocycles. The van der Waals surface area contributed by atoms with Gasteiger partial charge >= 0.3 is 5.97 Å². The van der Waals surface area contributed by atoms with E-state index in [-0.39, 0.29) is 63.4 Å². The molecule has 2 aliphatic heterocycles. The maximum atomic E-state index is 14.1. The number of aliphatic hydroxyl groups is 1. The van der Waals surface area contributed by atoms with E-state index in [4.69, 9.17) is 17.2 Å². The summed E-state index contributed by atoms with van der Waals surface area (Å²) in [4.78, 5) is 127. The first-order valence-electron chi connectivity index (χ1n) is 21.6. The van der Waals surface area contributed by atoms with Gasteiger partial charge < -0.3 is 74.6 Å². The van der Waals surface area contributed by atoms with Crippen LogP contribution in [0.4, 0.5) is 0 Å². The second kappa shape index (κ2) is 26.3. The Hall–Kier alpha value is -6.56. The Kier molecular flexibility index (Phi) is 21.3. The Labute approximate surface area is 376 Å². The van der Waals surface area contributed by atoms with Gasteiger partial charge in [0, 0.05) is 19.5 Å². The largest absolute Gasteiger partial charge is 0.508 e. The summed E-state index contributed by atoms with van der Waals surface area (Å²) in [6.45, 7) is 2.02. The number of phenolic OH excluding ortho intramolecular Hbond substituents is 1. The molecule has 0 radical (unpaired) electrons. The molecule has 0 spiro atoms. The fourth-order valence-corrected chi connectivity index (χ4v) is 7.25. The number of nitrogens with zero attached hydrogens (tertiary/aromatic N) is 2. The van der Waals surface area contributed by atoms with Crippen molar-refractivity contribution in [3.05, 3.63) is 29.8 Å². The van der Waals surface area contributed by atoms with Crippen LogP contribution in [0.3, 0.4) is 0 Å². The molecule has 65 heavy (non-hydrogen) atoms. The average molecular weight is 917 g/mol. The first-order valence-corrected chi connectivity index (χ1v) is 21.6. The lowest BCUT2D eigenvalue weighted by atomic mass is 9.96. The van der Waals surface area contributed by atoms with Crippen molar-refractivity contribution in [2.75, 3.05) is 32.8 Å². The highest BCUT2D eigenvalue weighted by molar-refractivity contribution is 5.99. The van der Waals surface area contributed by atoms with Gasteiger partial charge in [0.2, 0.25) is 47.3 Å². The minimum absolute atomic E-state index is 0.00760. The zero-order chi connectivity index (χ0) is 48.2. The monoisotopic (exact) mass is 916 g/mol. The molecule has 2 fully saturated rings. The van der Waals surface area contributed by atoms with Gasteiger partial charge in [0.1, 0.15) is 48.0 Å². The van der Waals surface area contributed by atoms with Crippen LogP contribution in [0, 0.1) is 5.92 Å². The number of phenols is 1. The Morgan fingerprint density at radius 1 is 0.785 bits per heavy atom. The van der Waals surface area contributed by atoms with Crippen LogP contribution >= 0.6 is 0 Å². The molecule has 0 unspecified atom stereocenters. The molecule has 1 aromatic rings. The number of aliphatic hydroxyl groups excluding tert-OH is 1. The number of benzene rings is 1. The molecule has 24 heteroatoms. The van der Waals surface area contributed by atoms with Crippen LogP contribution in [-0.2, 0) is 49.6 Å². The predicted octanol–water partition coefficient (Wildman–Crippen LogP) is -4.34. The lowest BCUT2D eigenvalue weighted by Crippen LogP contribution is -2.61.